The molecule has 0 saturated carbocycles. The summed E-state index contributed by atoms with van der Waals surface area (Å²) in [5.74, 6) is -2.34. The molecule has 1 fully saturated rings. The van der Waals surface area contributed by atoms with Crippen LogP contribution in [0.4, 0.5) is 0 Å². The molecule has 0 aromatic carbocycles. The molecule has 0 aromatic heterocycles. The van der Waals surface area contributed by atoms with Crippen molar-refractivity contribution < 1.29 is 19.5 Å². The quantitative estimate of drug-likeness (QED) is 0.533. The minimum Gasteiger partial charge on any atom is -0.480 e. The zero-order chi connectivity index (χ0) is 13.0. The molecule has 1 aliphatic heterocycles. The standard InChI is InChI=1S/C9H13N3O5/c1-6(13)11-4-2-3-7(11)9(16)12(10-17)5-8(14)15/h7H,2-5H2,1H3,(H,14,15)/t7-/m0/s1. The van der Waals surface area contributed by atoms with Crippen molar-refractivity contribution in [2.24, 2.45) is 5.29 Å². The average Bonchev–Trinajstić information content (AvgIpc) is 2.73. The van der Waals surface area contributed by atoms with Gasteiger partial charge in [-0.05, 0) is 12.8 Å². The third-order valence-corrected chi connectivity index (χ3v) is 2.58. The first-order valence-electron chi connectivity index (χ1n) is 5.11. The maximum Gasteiger partial charge on any atom is 0.325 e. The number of hydrogen-bond acceptors (Lipinski definition) is 5. The van der Waals surface area contributed by atoms with Gasteiger partial charge in [0.2, 0.25) is 5.91 Å². The van der Waals surface area contributed by atoms with E-state index in [0.717, 1.165) is 0 Å². The summed E-state index contributed by atoms with van der Waals surface area (Å²) >= 11 is 0. The van der Waals surface area contributed by atoms with Gasteiger partial charge < -0.3 is 10.0 Å². The van der Waals surface area contributed by atoms with E-state index in [1.807, 2.05) is 0 Å². The molecule has 2 amide bonds. The molecule has 0 unspecified atom stereocenters. The Balaban J connectivity index is 2.76. The third kappa shape index (κ3) is 2.99. The normalized spacial score (nSPS) is 18.9. The number of carboxylic acids is 1. The molecule has 0 radical (unpaired) electrons. The molecule has 17 heavy (non-hydrogen) atoms. The second kappa shape index (κ2) is 5.37. The van der Waals surface area contributed by atoms with Gasteiger partial charge in [0, 0.05) is 13.5 Å². The molecular formula is C9H13N3O5. The third-order valence-electron chi connectivity index (χ3n) is 2.58. The predicted molar refractivity (Wildman–Crippen MR) is 55.6 cm³/mol. The van der Waals surface area contributed by atoms with Crippen molar-refractivity contribution in [3.8, 4) is 0 Å². The number of nitrogens with zero attached hydrogens (tertiary/aromatic N) is 3. The van der Waals surface area contributed by atoms with Crippen LogP contribution in [0.5, 0.6) is 0 Å². The van der Waals surface area contributed by atoms with Gasteiger partial charge in [-0.2, -0.15) is 5.01 Å². The molecule has 1 saturated heterocycles. The highest BCUT2D eigenvalue weighted by Gasteiger charge is 2.36. The van der Waals surface area contributed by atoms with Crippen LogP contribution in [0, 0.1) is 4.91 Å². The van der Waals surface area contributed by atoms with E-state index in [1.54, 1.807) is 0 Å². The van der Waals surface area contributed by atoms with E-state index in [2.05, 4.69) is 5.29 Å². The van der Waals surface area contributed by atoms with Crippen LogP contribution in [0.15, 0.2) is 5.29 Å². The molecule has 0 bridgehead atoms. The van der Waals surface area contributed by atoms with Crippen molar-refractivity contribution in [1.82, 2.24) is 9.91 Å². The Morgan fingerprint density at radius 2 is 2.12 bits per heavy atom. The van der Waals surface area contributed by atoms with Gasteiger partial charge in [-0.25, -0.2) is 0 Å². The van der Waals surface area contributed by atoms with Crippen molar-refractivity contribution >= 4 is 17.8 Å². The average molecular weight is 243 g/mol. The highest BCUT2D eigenvalue weighted by molar-refractivity contribution is 5.89. The van der Waals surface area contributed by atoms with E-state index in [-0.39, 0.29) is 5.91 Å². The second-order valence-electron chi connectivity index (χ2n) is 3.74. The molecule has 0 aliphatic carbocycles. The maximum atomic E-state index is 11.8. The van der Waals surface area contributed by atoms with Crippen molar-refractivity contribution in [2.45, 2.75) is 25.8 Å². The summed E-state index contributed by atoms with van der Waals surface area (Å²) in [5.41, 5.74) is 0. The van der Waals surface area contributed by atoms with Crippen LogP contribution in [0.3, 0.4) is 0 Å². The fourth-order valence-corrected chi connectivity index (χ4v) is 1.85. The minimum atomic E-state index is -1.33. The van der Waals surface area contributed by atoms with Crippen molar-refractivity contribution in [3.05, 3.63) is 4.91 Å². The largest absolute Gasteiger partial charge is 0.480 e. The molecule has 0 aromatic rings. The summed E-state index contributed by atoms with van der Waals surface area (Å²) in [6.45, 7) is 0.970. The maximum absolute atomic E-state index is 11.8. The lowest BCUT2D eigenvalue weighted by Crippen LogP contribution is -2.46. The van der Waals surface area contributed by atoms with Crippen LogP contribution in [0.1, 0.15) is 19.8 Å². The lowest BCUT2D eigenvalue weighted by Gasteiger charge is -2.24. The van der Waals surface area contributed by atoms with Crippen LogP contribution < -0.4 is 0 Å². The Bertz CT molecular complexity index is 357. The van der Waals surface area contributed by atoms with Crippen molar-refractivity contribution in [2.75, 3.05) is 13.1 Å². The lowest BCUT2D eigenvalue weighted by molar-refractivity contribution is -0.148. The van der Waals surface area contributed by atoms with Gasteiger partial charge >= 0.3 is 5.97 Å². The molecule has 8 heteroatoms. The Kier molecular flexibility index (Phi) is 4.13. The molecule has 94 valence electrons. The van der Waals surface area contributed by atoms with Gasteiger partial charge in [-0.1, -0.05) is 0 Å². The number of nitroso groups, excluding NO2 is 1. The minimum absolute atomic E-state index is 0.276. The fraction of sp³-hybridized carbons (Fsp3) is 0.667. The highest BCUT2D eigenvalue weighted by atomic mass is 16.4. The summed E-state index contributed by atoms with van der Waals surface area (Å²) in [5, 5.41) is 11.2. The zero-order valence-electron chi connectivity index (χ0n) is 9.33. The molecule has 1 rings (SSSR count). The molecule has 1 atom stereocenters. The number of amides is 2. The van der Waals surface area contributed by atoms with Gasteiger partial charge in [0.1, 0.15) is 12.6 Å². The summed E-state index contributed by atoms with van der Waals surface area (Å²) in [6, 6.07) is -0.774. The van der Waals surface area contributed by atoms with E-state index in [9.17, 15) is 19.3 Å². The van der Waals surface area contributed by atoms with E-state index in [4.69, 9.17) is 5.11 Å². The van der Waals surface area contributed by atoms with Gasteiger partial charge in [-0.15, -0.1) is 4.91 Å². The Morgan fingerprint density at radius 1 is 1.47 bits per heavy atom. The first-order valence-corrected chi connectivity index (χ1v) is 5.11. The van der Waals surface area contributed by atoms with Crippen LogP contribution >= 0.6 is 0 Å². The fourth-order valence-electron chi connectivity index (χ4n) is 1.85. The highest BCUT2D eigenvalue weighted by Crippen LogP contribution is 2.19. The Morgan fingerprint density at radius 3 is 2.59 bits per heavy atom. The Labute approximate surface area is 97.1 Å². The zero-order valence-corrected chi connectivity index (χ0v) is 9.33. The summed E-state index contributed by atoms with van der Waals surface area (Å²) in [7, 11) is 0. The number of aliphatic carboxylic acids is 1. The number of carbonyl (C=O) groups is 3. The number of rotatable bonds is 4. The summed E-state index contributed by atoms with van der Waals surface area (Å²) in [4.78, 5) is 45.2. The van der Waals surface area contributed by atoms with Gasteiger partial charge in [0.25, 0.3) is 5.91 Å². The number of carboxylic acid groups (broad SMARTS) is 1. The monoisotopic (exact) mass is 243 g/mol. The SMILES string of the molecule is CC(=O)N1CCC[C@H]1C(=O)N(CC(=O)O)N=O. The second-order valence-corrected chi connectivity index (χ2v) is 3.74. The Hall–Kier alpha value is -1.99. The predicted octanol–water partition coefficient (Wildman–Crippen LogP) is -0.408. The number of hydrogen-bond donors (Lipinski definition) is 1. The van der Waals surface area contributed by atoms with Crippen LogP contribution in [0.2, 0.25) is 0 Å². The number of likely N-dealkylation sites (tertiary alicyclic amines) is 1. The van der Waals surface area contributed by atoms with E-state index >= 15 is 0 Å². The molecule has 0 spiro atoms. The number of carbonyl (C=O) groups excluding carboxylic acids is 2. The van der Waals surface area contributed by atoms with Crippen molar-refractivity contribution in [3.63, 3.8) is 0 Å². The van der Waals surface area contributed by atoms with Gasteiger partial charge in [0.05, 0.1) is 5.29 Å². The van der Waals surface area contributed by atoms with E-state index in [1.165, 1.54) is 11.8 Å². The van der Waals surface area contributed by atoms with E-state index < -0.39 is 24.5 Å². The first-order chi connectivity index (χ1) is 7.97. The topological polar surface area (TPSA) is 107 Å². The summed E-state index contributed by atoms with van der Waals surface area (Å²) < 4.78 is 0. The molecular weight excluding hydrogens is 230 g/mol. The van der Waals surface area contributed by atoms with E-state index in [0.29, 0.717) is 24.4 Å². The van der Waals surface area contributed by atoms with Gasteiger partial charge in [0.15, 0.2) is 0 Å². The van der Waals surface area contributed by atoms with Crippen LogP contribution in [-0.2, 0) is 14.4 Å². The molecule has 8 nitrogen and oxygen atoms in total. The molecule has 1 N–H and O–H groups in total. The first kappa shape index (κ1) is 13.1. The smallest absolute Gasteiger partial charge is 0.325 e. The van der Waals surface area contributed by atoms with Crippen LogP contribution in [0.25, 0.3) is 0 Å². The lowest BCUT2D eigenvalue weighted by atomic mass is 10.2. The van der Waals surface area contributed by atoms with Crippen LogP contribution in [-0.4, -0.2) is 51.9 Å². The van der Waals surface area contributed by atoms with Gasteiger partial charge in [-0.3, -0.25) is 14.4 Å². The molecule has 1 heterocycles. The van der Waals surface area contributed by atoms with Crippen molar-refractivity contribution in [1.29, 1.82) is 0 Å². The summed E-state index contributed by atoms with van der Waals surface area (Å²) in [6.07, 6.45) is 1.07. The molecule has 1 aliphatic rings.